The molecular formula is C16H22ClNO2. The normalized spacial score (nSPS) is 19.9. The van der Waals surface area contributed by atoms with Crippen molar-refractivity contribution in [3.05, 3.63) is 28.3 Å². The molecule has 1 aliphatic rings. The molecule has 0 N–H and O–H groups in total. The highest BCUT2D eigenvalue weighted by atomic mass is 35.5. The summed E-state index contributed by atoms with van der Waals surface area (Å²) in [6.07, 6.45) is 2.42. The molecule has 3 nitrogen and oxygen atoms in total. The van der Waals surface area contributed by atoms with Gasteiger partial charge < -0.3 is 4.74 Å². The van der Waals surface area contributed by atoms with E-state index < -0.39 is 0 Å². The molecule has 110 valence electrons. The van der Waals surface area contributed by atoms with Crippen molar-refractivity contribution in [2.24, 2.45) is 5.92 Å². The molecule has 4 heteroatoms. The lowest BCUT2D eigenvalue weighted by molar-refractivity contribution is 0.0890. The van der Waals surface area contributed by atoms with E-state index in [1.165, 1.54) is 12.8 Å². The van der Waals surface area contributed by atoms with Gasteiger partial charge in [0.05, 0.1) is 19.2 Å². The van der Waals surface area contributed by atoms with E-state index in [0.29, 0.717) is 28.8 Å². The first-order valence-corrected chi connectivity index (χ1v) is 7.48. The molecule has 0 spiro atoms. The van der Waals surface area contributed by atoms with E-state index in [4.69, 9.17) is 16.3 Å². The third-order valence-corrected chi connectivity index (χ3v) is 4.30. The van der Waals surface area contributed by atoms with Crippen LogP contribution in [0.1, 0.15) is 35.7 Å². The fraction of sp³-hybridized carbons (Fsp3) is 0.562. The van der Waals surface area contributed by atoms with Gasteiger partial charge in [-0.05, 0) is 49.9 Å². The van der Waals surface area contributed by atoms with Gasteiger partial charge in [-0.25, -0.2) is 0 Å². The largest absolute Gasteiger partial charge is 0.496 e. The number of benzene rings is 1. The highest BCUT2D eigenvalue weighted by Gasteiger charge is 2.21. The van der Waals surface area contributed by atoms with Crippen LogP contribution in [0.4, 0.5) is 0 Å². The number of ketones is 1. The second-order valence-corrected chi connectivity index (χ2v) is 6.11. The molecule has 0 aliphatic carbocycles. The van der Waals surface area contributed by atoms with Gasteiger partial charge in [0, 0.05) is 11.6 Å². The molecule has 0 aromatic heterocycles. The SMILES string of the molecule is COc1cc(C)c(Cl)cc1C(=O)CN1CCCC(C)C1. The van der Waals surface area contributed by atoms with Crippen molar-refractivity contribution in [2.75, 3.05) is 26.7 Å². The molecular weight excluding hydrogens is 274 g/mol. The topological polar surface area (TPSA) is 29.5 Å². The monoisotopic (exact) mass is 295 g/mol. The Labute approximate surface area is 125 Å². The van der Waals surface area contributed by atoms with Crippen LogP contribution in [0.5, 0.6) is 5.75 Å². The highest BCUT2D eigenvalue weighted by molar-refractivity contribution is 6.31. The Morgan fingerprint density at radius 1 is 1.50 bits per heavy atom. The summed E-state index contributed by atoms with van der Waals surface area (Å²) in [5.74, 6) is 1.36. The quantitative estimate of drug-likeness (QED) is 0.795. The Balaban J connectivity index is 2.14. The highest BCUT2D eigenvalue weighted by Crippen LogP contribution is 2.27. The Bertz CT molecular complexity index is 501. The van der Waals surface area contributed by atoms with Crippen LogP contribution >= 0.6 is 11.6 Å². The van der Waals surface area contributed by atoms with Crippen LogP contribution < -0.4 is 4.74 Å². The van der Waals surface area contributed by atoms with Crippen LogP contribution in [0.15, 0.2) is 12.1 Å². The fourth-order valence-electron chi connectivity index (χ4n) is 2.76. The fourth-order valence-corrected chi connectivity index (χ4v) is 2.92. The Kier molecular flexibility index (Phi) is 5.06. The number of likely N-dealkylation sites (tertiary alicyclic amines) is 1. The van der Waals surface area contributed by atoms with Crippen LogP contribution in [-0.2, 0) is 0 Å². The second kappa shape index (κ2) is 6.59. The minimum atomic E-state index is 0.0813. The number of hydrogen-bond acceptors (Lipinski definition) is 3. The number of carbonyl (C=O) groups excluding carboxylic acids is 1. The molecule has 1 aliphatic heterocycles. The molecule has 1 aromatic rings. The Morgan fingerprint density at radius 2 is 2.25 bits per heavy atom. The Hall–Kier alpha value is -1.06. The van der Waals surface area contributed by atoms with E-state index >= 15 is 0 Å². The van der Waals surface area contributed by atoms with Crippen LogP contribution in [0.25, 0.3) is 0 Å². The first kappa shape index (κ1) is 15.3. The smallest absolute Gasteiger partial charge is 0.180 e. The number of ether oxygens (including phenoxy) is 1. The van der Waals surface area contributed by atoms with Crippen molar-refractivity contribution in [1.82, 2.24) is 4.90 Å². The molecule has 1 heterocycles. The lowest BCUT2D eigenvalue weighted by Crippen LogP contribution is -2.38. The molecule has 1 unspecified atom stereocenters. The van der Waals surface area contributed by atoms with Crippen LogP contribution in [-0.4, -0.2) is 37.4 Å². The predicted octanol–water partition coefficient (Wildman–Crippen LogP) is 3.57. The van der Waals surface area contributed by atoms with E-state index in [-0.39, 0.29) is 5.78 Å². The summed E-state index contributed by atoms with van der Waals surface area (Å²) in [6.45, 7) is 6.58. The minimum Gasteiger partial charge on any atom is -0.496 e. The van der Waals surface area contributed by atoms with Crippen LogP contribution in [0.2, 0.25) is 5.02 Å². The summed E-state index contributed by atoms with van der Waals surface area (Å²) in [6, 6.07) is 3.56. The average Bonchev–Trinajstić information content (AvgIpc) is 2.41. The van der Waals surface area contributed by atoms with Gasteiger partial charge in [-0.15, -0.1) is 0 Å². The van der Waals surface area contributed by atoms with Gasteiger partial charge in [0.2, 0.25) is 0 Å². The number of aryl methyl sites for hydroxylation is 1. The number of Topliss-reactive ketones (excluding diaryl/α,β-unsaturated/α-hetero) is 1. The number of hydrogen-bond donors (Lipinski definition) is 0. The van der Waals surface area contributed by atoms with Gasteiger partial charge in [0.1, 0.15) is 5.75 Å². The van der Waals surface area contributed by atoms with Crippen molar-refractivity contribution in [3.8, 4) is 5.75 Å². The van der Waals surface area contributed by atoms with E-state index in [0.717, 1.165) is 18.7 Å². The maximum Gasteiger partial charge on any atom is 0.180 e. The first-order chi connectivity index (χ1) is 9.51. The molecule has 0 radical (unpaired) electrons. The molecule has 1 fully saturated rings. The van der Waals surface area contributed by atoms with Crippen molar-refractivity contribution in [2.45, 2.75) is 26.7 Å². The molecule has 0 amide bonds. The number of halogens is 1. The second-order valence-electron chi connectivity index (χ2n) is 5.71. The Morgan fingerprint density at radius 3 is 2.90 bits per heavy atom. The predicted molar refractivity (Wildman–Crippen MR) is 81.9 cm³/mol. The molecule has 1 atom stereocenters. The molecule has 1 saturated heterocycles. The van der Waals surface area contributed by atoms with E-state index in [2.05, 4.69) is 11.8 Å². The molecule has 20 heavy (non-hydrogen) atoms. The summed E-state index contributed by atoms with van der Waals surface area (Å²) < 4.78 is 5.31. The first-order valence-electron chi connectivity index (χ1n) is 7.11. The third-order valence-electron chi connectivity index (χ3n) is 3.89. The maximum atomic E-state index is 12.5. The van der Waals surface area contributed by atoms with Gasteiger partial charge in [0.15, 0.2) is 5.78 Å². The van der Waals surface area contributed by atoms with Crippen LogP contribution in [0, 0.1) is 12.8 Å². The zero-order valence-corrected chi connectivity index (χ0v) is 13.2. The number of rotatable bonds is 4. The summed E-state index contributed by atoms with van der Waals surface area (Å²) in [4.78, 5) is 14.7. The molecule has 0 saturated carbocycles. The van der Waals surface area contributed by atoms with Gasteiger partial charge in [-0.2, -0.15) is 0 Å². The average molecular weight is 296 g/mol. The van der Waals surface area contributed by atoms with Crippen molar-refractivity contribution >= 4 is 17.4 Å². The van der Waals surface area contributed by atoms with Crippen molar-refractivity contribution in [3.63, 3.8) is 0 Å². The summed E-state index contributed by atoms with van der Waals surface area (Å²) in [5.41, 5.74) is 1.51. The molecule has 0 bridgehead atoms. The van der Waals surface area contributed by atoms with Gasteiger partial charge in [-0.1, -0.05) is 18.5 Å². The van der Waals surface area contributed by atoms with Crippen molar-refractivity contribution < 1.29 is 9.53 Å². The third kappa shape index (κ3) is 3.53. The summed E-state index contributed by atoms with van der Waals surface area (Å²) in [5, 5.41) is 0.612. The van der Waals surface area contributed by atoms with E-state index in [1.54, 1.807) is 13.2 Å². The lowest BCUT2D eigenvalue weighted by Gasteiger charge is -2.30. The molecule has 2 rings (SSSR count). The maximum absolute atomic E-state index is 12.5. The zero-order chi connectivity index (χ0) is 14.7. The molecule has 1 aromatic carbocycles. The standard InChI is InChI=1S/C16H22ClNO2/c1-11-5-4-6-18(9-11)10-15(19)13-8-14(17)12(2)7-16(13)20-3/h7-8,11H,4-6,9-10H2,1-3H3. The number of methoxy groups -OCH3 is 1. The van der Waals surface area contributed by atoms with Crippen LogP contribution in [0.3, 0.4) is 0 Å². The van der Waals surface area contributed by atoms with Gasteiger partial charge in [0.25, 0.3) is 0 Å². The lowest BCUT2D eigenvalue weighted by atomic mass is 9.99. The number of piperidine rings is 1. The van der Waals surface area contributed by atoms with E-state index in [1.807, 2.05) is 13.0 Å². The summed E-state index contributed by atoms with van der Waals surface area (Å²) in [7, 11) is 1.59. The van der Waals surface area contributed by atoms with Gasteiger partial charge >= 0.3 is 0 Å². The summed E-state index contributed by atoms with van der Waals surface area (Å²) >= 11 is 6.13. The number of carbonyl (C=O) groups is 1. The number of nitrogens with zero attached hydrogens (tertiary/aromatic N) is 1. The van der Waals surface area contributed by atoms with Crippen molar-refractivity contribution in [1.29, 1.82) is 0 Å². The minimum absolute atomic E-state index is 0.0813. The van der Waals surface area contributed by atoms with Gasteiger partial charge in [-0.3, -0.25) is 9.69 Å². The van der Waals surface area contributed by atoms with E-state index in [9.17, 15) is 4.79 Å². The zero-order valence-electron chi connectivity index (χ0n) is 12.4.